The summed E-state index contributed by atoms with van der Waals surface area (Å²) in [5.41, 5.74) is 1.53. The largest absolute Gasteiger partial charge is 0.474 e. The van der Waals surface area contributed by atoms with Crippen LogP contribution in [-0.4, -0.2) is 34.2 Å². The highest BCUT2D eigenvalue weighted by atomic mass is 16.5. The highest BCUT2D eigenvalue weighted by Gasteiger charge is 2.21. The van der Waals surface area contributed by atoms with E-state index in [0.717, 1.165) is 18.4 Å². The number of hydrogen-bond donors (Lipinski definition) is 2. The third kappa shape index (κ3) is 4.79. The maximum absolute atomic E-state index is 12.4. The molecule has 132 valence electrons. The van der Waals surface area contributed by atoms with Crippen LogP contribution >= 0.6 is 0 Å². The molecule has 5 heteroatoms. The number of carbonyl (C=O) groups excluding carboxylic acids is 1. The monoisotopic (exact) mass is 340 g/mol. The molecule has 0 radical (unpaired) electrons. The Hall–Kier alpha value is -2.40. The van der Waals surface area contributed by atoms with Gasteiger partial charge in [0.15, 0.2) is 0 Å². The maximum Gasteiger partial charge on any atom is 0.251 e. The summed E-state index contributed by atoms with van der Waals surface area (Å²) in [4.78, 5) is 16.6. The van der Waals surface area contributed by atoms with Crippen molar-refractivity contribution in [3.8, 4) is 5.88 Å². The number of rotatable bonds is 7. The van der Waals surface area contributed by atoms with Crippen LogP contribution in [0, 0.1) is 0 Å². The molecule has 2 aromatic rings. The summed E-state index contributed by atoms with van der Waals surface area (Å²) < 4.78 is 5.73. The molecule has 0 aliphatic heterocycles. The number of aliphatic hydroxyl groups is 1. The first kappa shape index (κ1) is 17.4. The van der Waals surface area contributed by atoms with E-state index >= 15 is 0 Å². The standard InChI is InChI=1S/C20H24N2O3/c1-14(18(23)12-15-6-3-2-4-7-15)22-20(24)16-10-11-21-19(13-16)25-17-8-5-9-17/h2-4,6-7,10-11,13-14,17-18,23H,5,8-9,12H2,1H3,(H,22,24). The summed E-state index contributed by atoms with van der Waals surface area (Å²) in [5, 5.41) is 13.2. The highest BCUT2D eigenvalue weighted by Crippen LogP contribution is 2.24. The Morgan fingerprint density at radius 3 is 2.76 bits per heavy atom. The molecule has 0 saturated heterocycles. The summed E-state index contributed by atoms with van der Waals surface area (Å²) in [7, 11) is 0. The average molecular weight is 340 g/mol. The van der Waals surface area contributed by atoms with Crippen molar-refractivity contribution in [1.82, 2.24) is 10.3 Å². The van der Waals surface area contributed by atoms with Gasteiger partial charge in [-0.15, -0.1) is 0 Å². The van der Waals surface area contributed by atoms with Crippen LogP contribution in [0.2, 0.25) is 0 Å². The number of pyridine rings is 1. The van der Waals surface area contributed by atoms with Crippen molar-refractivity contribution in [2.75, 3.05) is 0 Å². The molecule has 25 heavy (non-hydrogen) atoms. The van der Waals surface area contributed by atoms with Crippen molar-refractivity contribution in [3.05, 3.63) is 59.8 Å². The fourth-order valence-corrected chi connectivity index (χ4v) is 2.69. The van der Waals surface area contributed by atoms with Crippen molar-refractivity contribution >= 4 is 5.91 Å². The van der Waals surface area contributed by atoms with Crippen molar-refractivity contribution in [3.63, 3.8) is 0 Å². The lowest BCUT2D eigenvalue weighted by Crippen LogP contribution is -2.42. The third-order valence-corrected chi connectivity index (χ3v) is 4.56. The molecule has 1 aliphatic rings. The molecule has 1 aromatic heterocycles. The van der Waals surface area contributed by atoms with Crippen molar-refractivity contribution in [2.24, 2.45) is 0 Å². The zero-order valence-electron chi connectivity index (χ0n) is 14.4. The summed E-state index contributed by atoms with van der Waals surface area (Å²) in [6.07, 6.45) is 4.91. The molecule has 0 spiro atoms. The summed E-state index contributed by atoms with van der Waals surface area (Å²) in [5.74, 6) is 0.246. The van der Waals surface area contributed by atoms with E-state index in [1.54, 1.807) is 25.3 Å². The van der Waals surface area contributed by atoms with Crippen LogP contribution < -0.4 is 10.1 Å². The molecular formula is C20H24N2O3. The molecular weight excluding hydrogens is 316 g/mol. The van der Waals surface area contributed by atoms with Gasteiger partial charge in [0, 0.05) is 24.2 Å². The summed E-state index contributed by atoms with van der Waals surface area (Å²) in [6, 6.07) is 12.7. The zero-order valence-corrected chi connectivity index (χ0v) is 14.4. The predicted octanol–water partition coefficient (Wildman–Crippen LogP) is 2.73. The number of ether oxygens (including phenoxy) is 1. The number of amides is 1. The molecule has 1 aliphatic carbocycles. The molecule has 1 aromatic carbocycles. The summed E-state index contributed by atoms with van der Waals surface area (Å²) in [6.45, 7) is 1.80. The predicted molar refractivity (Wildman–Crippen MR) is 95.6 cm³/mol. The molecule has 2 unspecified atom stereocenters. The fraction of sp³-hybridized carbons (Fsp3) is 0.400. The van der Waals surface area contributed by atoms with E-state index in [9.17, 15) is 9.90 Å². The van der Waals surface area contributed by atoms with Gasteiger partial charge in [-0.05, 0) is 37.8 Å². The van der Waals surface area contributed by atoms with Crippen LogP contribution in [0.25, 0.3) is 0 Å². The normalized spacial score (nSPS) is 16.6. The minimum absolute atomic E-state index is 0.220. The summed E-state index contributed by atoms with van der Waals surface area (Å²) >= 11 is 0. The first-order valence-corrected chi connectivity index (χ1v) is 8.77. The molecule has 2 atom stereocenters. The van der Waals surface area contributed by atoms with Crippen LogP contribution in [0.3, 0.4) is 0 Å². The zero-order chi connectivity index (χ0) is 17.6. The second-order valence-electron chi connectivity index (χ2n) is 6.57. The van der Waals surface area contributed by atoms with Gasteiger partial charge in [0.2, 0.25) is 5.88 Å². The quantitative estimate of drug-likeness (QED) is 0.813. The lowest BCUT2D eigenvalue weighted by molar-refractivity contribution is 0.0849. The average Bonchev–Trinajstić information content (AvgIpc) is 2.59. The minimum Gasteiger partial charge on any atom is -0.474 e. The Bertz CT molecular complexity index is 701. The van der Waals surface area contributed by atoms with Gasteiger partial charge in [0.25, 0.3) is 5.91 Å². The second kappa shape index (κ2) is 8.12. The number of nitrogens with one attached hydrogen (secondary N) is 1. The highest BCUT2D eigenvalue weighted by molar-refractivity contribution is 5.94. The number of aromatic nitrogens is 1. The molecule has 3 rings (SSSR count). The first-order valence-electron chi connectivity index (χ1n) is 8.77. The van der Waals surface area contributed by atoms with Gasteiger partial charge in [-0.2, -0.15) is 0 Å². The fourth-order valence-electron chi connectivity index (χ4n) is 2.69. The van der Waals surface area contributed by atoms with Crippen LogP contribution in [-0.2, 0) is 6.42 Å². The number of benzene rings is 1. The number of nitrogens with zero attached hydrogens (tertiary/aromatic N) is 1. The van der Waals surface area contributed by atoms with Crippen LogP contribution in [0.5, 0.6) is 5.88 Å². The van der Waals surface area contributed by atoms with Gasteiger partial charge in [0.1, 0.15) is 6.10 Å². The van der Waals surface area contributed by atoms with Crippen molar-refractivity contribution < 1.29 is 14.6 Å². The Kier molecular flexibility index (Phi) is 5.66. The molecule has 1 heterocycles. The van der Waals surface area contributed by atoms with Crippen LogP contribution in [0.1, 0.15) is 42.1 Å². The Morgan fingerprint density at radius 1 is 1.32 bits per heavy atom. The van der Waals surface area contributed by atoms with E-state index in [1.807, 2.05) is 30.3 Å². The van der Waals surface area contributed by atoms with E-state index < -0.39 is 6.10 Å². The van der Waals surface area contributed by atoms with Crippen molar-refractivity contribution in [1.29, 1.82) is 0 Å². The van der Waals surface area contributed by atoms with Gasteiger partial charge < -0.3 is 15.2 Å². The van der Waals surface area contributed by atoms with Crippen LogP contribution in [0.4, 0.5) is 0 Å². The van der Waals surface area contributed by atoms with E-state index in [-0.39, 0.29) is 18.1 Å². The lowest BCUT2D eigenvalue weighted by Gasteiger charge is -2.25. The Morgan fingerprint density at radius 2 is 2.08 bits per heavy atom. The van der Waals surface area contributed by atoms with Gasteiger partial charge in [-0.25, -0.2) is 4.98 Å². The molecule has 1 fully saturated rings. The minimum atomic E-state index is -0.654. The van der Waals surface area contributed by atoms with Crippen molar-refractivity contribution in [2.45, 2.75) is 50.9 Å². The molecule has 5 nitrogen and oxygen atoms in total. The first-order chi connectivity index (χ1) is 12.1. The molecule has 1 amide bonds. The third-order valence-electron chi connectivity index (χ3n) is 4.56. The number of aliphatic hydroxyl groups excluding tert-OH is 1. The Labute approximate surface area is 148 Å². The SMILES string of the molecule is CC(NC(=O)c1ccnc(OC2CCC2)c1)C(O)Cc1ccccc1. The van der Waals surface area contributed by atoms with Crippen LogP contribution in [0.15, 0.2) is 48.7 Å². The molecule has 1 saturated carbocycles. The van der Waals surface area contributed by atoms with E-state index in [4.69, 9.17) is 4.74 Å². The second-order valence-corrected chi connectivity index (χ2v) is 6.57. The molecule has 0 bridgehead atoms. The van der Waals surface area contributed by atoms with E-state index in [2.05, 4.69) is 10.3 Å². The van der Waals surface area contributed by atoms with E-state index in [0.29, 0.717) is 17.9 Å². The van der Waals surface area contributed by atoms with Gasteiger partial charge >= 0.3 is 0 Å². The maximum atomic E-state index is 12.4. The topological polar surface area (TPSA) is 71.5 Å². The van der Waals surface area contributed by atoms with Gasteiger partial charge in [-0.3, -0.25) is 4.79 Å². The van der Waals surface area contributed by atoms with Gasteiger partial charge in [0.05, 0.1) is 12.1 Å². The number of hydrogen-bond acceptors (Lipinski definition) is 4. The smallest absolute Gasteiger partial charge is 0.251 e. The molecule has 2 N–H and O–H groups in total. The Balaban J connectivity index is 1.56. The van der Waals surface area contributed by atoms with Gasteiger partial charge in [-0.1, -0.05) is 30.3 Å². The number of carbonyl (C=O) groups is 1. The van der Waals surface area contributed by atoms with E-state index in [1.165, 1.54) is 6.42 Å². The lowest BCUT2D eigenvalue weighted by atomic mass is 9.96.